The number of benzene rings is 1. The third-order valence-electron chi connectivity index (χ3n) is 2.68. The zero-order valence-corrected chi connectivity index (χ0v) is 10.9. The molecule has 1 aromatic carbocycles. The molecular formula is C15H17NO3. The van der Waals surface area contributed by atoms with Crippen LogP contribution >= 0.6 is 0 Å². The van der Waals surface area contributed by atoms with Crippen LogP contribution in [-0.4, -0.2) is 12.4 Å². The number of para-hydroxylation sites is 1. The maximum atomic E-state index is 12.3. The van der Waals surface area contributed by atoms with Gasteiger partial charge >= 0.3 is 0 Å². The van der Waals surface area contributed by atoms with Gasteiger partial charge in [0.2, 0.25) is 5.78 Å². The highest BCUT2D eigenvalue weighted by Crippen LogP contribution is 2.22. The molecule has 0 saturated carbocycles. The number of ether oxygens (including phenoxy) is 1. The monoisotopic (exact) mass is 259 g/mol. The summed E-state index contributed by atoms with van der Waals surface area (Å²) in [6, 6.07) is 10.5. The highest BCUT2D eigenvalue weighted by molar-refractivity contribution is 6.09. The van der Waals surface area contributed by atoms with E-state index in [9.17, 15) is 4.79 Å². The van der Waals surface area contributed by atoms with Gasteiger partial charge < -0.3 is 14.9 Å². The van der Waals surface area contributed by atoms with Crippen LogP contribution in [0.3, 0.4) is 0 Å². The molecule has 0 aliphatic carbocycles. The molecule has 0 fully saturated rings. The average molecular weight is 259 g/mol. The second kappa shape index (κ2) is 6.20. The third kappa shape index (κ3) is 3.03. The Kier molecular flexibility index (Phi) is 4.36. The van der Waals surface area contributed by atoms with Gasteiger partial charge in [-0.25, -0.2) is 0 Å². The normalized spacial score (nSPS) is 10.4. The fourth-order valence-corrected chi connectivity index (χ4v) is 1.73. The maximum Gasteiger partial charge on any atom is 0.231 e. The fraction of sp³-hybridized carbons (Fsp3) is 0.267. The lowest BCUT2D eigenvalue weighted by molar-refractivity contribution is 0.100. The molecule has 0 aliphatic rings. The molecule has 100 valence electrons. The number of rotatable bonds is 6. The van der Waals surface area contributed by atoms with Crippen molar-refractivity contribution in [1.29, 1.82) is 0 Å². The molecule has 0 saturated heterocycles. The number of ketones is 1. The van der Waals surface area contributed by atoms with Crippen LogP contribution in [0, 0.1) is 0 Å². The summed E-state index contributed by atoms with van der Waals surface area (Å²) in [6.45, 7) is 2.88. The van der Waals surface area contributed by atoms with E-state index >= 15 is 0 Å². The van der Waals surface area contributed by atoms with Crippen LogP contribution in [0.5, 0.6) is 5.75 Å². The van der Waals surface area contributed by atoms with E-state index in [1.165, 1.54) is 0 Å². The van der Waals surface area contributed by atoms with Crippen molar-refractivity contribution in [3.63, 3.8) is 0 Å². The van der Waals surface area contributed by atoms with Gasteiger partial charge in [-0.2, -0.15) is 0 Å². The zero-order valence-electron chi connectivity index (χ0n) is 10.9. The van der Waals surface area contributed by atoms with Gasteiger partial charge in [0, 0.05) is 0 Å². The minimum absolute atomic E-state index is 0.189. The molecule has 4 nitrogen and oxygen atoms in total. The van der Waals surface area contributed by atoms with E-state index in [1.54, 1.807) is 30.3 Å². The van der Waals surface area contributed by atoms with Gasteiger partial charge in [-0.3, -0.25) is 4.79 Å². The second-order valence-corrected chi connectivity index (χ2v) is 4.14. The van der Waals surface area contributed by atoms with Crippen LogP contribution in [0.15, 0.2) is 40.8 Å². The molecule has 0 aliphatic heterocycles. The SMILES string of the molecule is CCCOc1ccccc1C(=O)c1ccc(CN)o1. The standard InChI is InChI=1S/C15H17NO3/c1-2-9-18-13-6-4-3-5-12(13)15(17)14-8-7-11(10-16)19-14/h3-8H,2,9-10,16H2,1H3. The van der Waals surface area contributed by atoms with E-state index in [2.05, 4.69) is 0 Å². The number of carbonyl (C=O) groups excluding carboxylic acids is 1. The number of nitrogens with two attached hydrogens (primary N) is 1. The first-order chi connectivity index (χ1) is 9.26. The van der Waals surface area contributed by atoms with E-state index in [0.29, 0.717) is 23.7 Å². The third-order valence-corrected chi connectivity index (χ3v) is 2.68. The summed E-state index contributed by atoms with van der Waals surface area (Å²) in [5.74, 6) is 1.27. The first kappa shape index (κ1) is 13.4. The van der Waals surface area contributed by atoms with Gasteiger partial charge in [0.15, 0.2) is 5.76 Å². The van der Waals surface area contributed by atoms with E-state index in [4.69, 9.17) is 14.9 Å². The molecule has 19 heavy (non-hydrogen) atoms. The van der Waals surface area contributed by atoms with E-state index < -0.39 is 0 Å². The van der Waals surface area contributed by atoms with Crippen molar-refractivity contribution in [2.45, 2.75) is 19.9 Å². The molecule has 0 atom stereocenters. The lowest BCUT2D eigenvalue weighted by atomic mass is 10.1. The van der Waals surface area contributed by atoms with Gasteiger partial charge in [0.1, 0.15) is 11.5 Å². The predicted molar refractivity (Wildman–Crippen MR) is 72.3 cm³/mol. The quantitative estimate of drug-likeness (QED) is 0.810. The first-order valence-corrected chi connectivity index (χ1v) is 6.31. The van der Waals surface area contributed by atoms with Crippen molar-refractivity contribution in [3.8, 4) is 5.75 Å². The van der Waals surface area contributed by atoms with Crippen molar-refractivity contribution in [1.82, 2.24) is 0 Å². The Bertz CT molecular complexity index is 560. The molecule has 2 rings (SSSR count). The van der Waals surface area contributed by atoms with Crippen LogP contribution in [-0.2, 0) is 6.54 Å². The van der Waals surface area contributed by atoms with Crippen molar-refractivity contribution in [2.24, 2.45) is 5.73 Å². The lowest BCUT2D eigenvalue weighted by Crippen LogP contribution is -2.05. The smallest absolute Gasteiger partial charge is 0.231 e. The van der Waals surface area contributed by atoms with Crippen molar-refractivity contribution >= 4 is 5.78 Å². The van der Waals surface area contributed by atoms with Gasteiger partial charge in [0.05, 0.1) is 18.7 Å². The lowest BCUT2D eigenvalue weighted by Gasteiger charge is -2.08. The molecule has 0 spiro atoms. The summed E-state index contributed by atoms with van der Waals surface area (Å²) >= 11 is 0. The van der Waals surface area contributed by atoms with Gasteiger partial charge in [-0.05, 0) is 30.7 Å². The molecule has 0 radical (unpaired) electrons. The van der Waals surface area contributed by atoms with Crippen LogP contribution in [0.4, 0.5) is 0 Å². The number of hydrogen-bond acceptors (Lipinski definition) is 4. The van der Waals surface area contributed by atoms with Crippen molar-refractivity contribution in [3.05, 3.63) is 53.5 Å². The average Bonchev–Trinajstić information content (AvgIpc) is 2.93. The molecular weight excluding hydrogens is 242 g/mol. The van der Waals surface area contributed by atoms with Crippen molar-refractivity contribution in [2.75, 3.05) is 6.61 Å². The molecule has 0 unspecified atom stereocenters. The molecule has 4 heteroatoms. The topological polar surface area (TPSA) is 65.5 Å². The fourth-order valence-electron chi connectivity index (χ4n) is 1.73. The Morgan fingerprint density at radius 3 is 2.74 bits per heavy atom. The first-order valence-electron chi connectivity index (χ1n) is 6.31. The summed E-state index contributed by atoms with van der Waals surface area (Å²) in [5.41, 5.74) is 5.98. The van der Waals surface area contributed by atoms with E-state index in [-0.39, 0.29) is 18.1 Å². The largest absolute Gasteiger partial charge is 0.493 e. The molecule has 0 bridgehead atoms. The van der Waals surface area contributed by atoms with Crippen LogP contribution < -0.4 is 10.5 Å². The van der Waals surface area contributed by atoms with E-state index in [0.717, 1.165) is 6.42 Å². The Hall–Kier alpha value is -2.07. The Morgan fingerprint density at radius 2 is 2.05 bits per heavy atom. The molecule has 2 N–H and O–H groups in total. The molecule has 2 aromatic rings. The molecule has 1 heterocycles. The van der Waals surface area contributed by atoms with Crippen LogP contribution in [0.2, 0.25) is 0 Å². The Morgan fingerprint density at radius 1 is 1.26 bits per heavy atom. The predicted octanol–water partition coefficient (Wildman–Crippen LogP) is 2.76. The maximum absolute atomic E-state index is 12.3. The second-order valence-electron chi connectivity index (χ2n) is 4.14. The highest BCUT2D eigenvalue weighted by Gasteiger charge is 2.17. The van der Waals surface area contributed by atoms with Crippen LogP contribution in [0.1, 0.15) is 35.2 Å². The molecule has 0 amide bonds. The zero-order chi connectivity index (χ0) is 13.7. The Balaban J connectivity index is 2.27. The van der Waals surface area contributed by atoms with Gasteiger partial charge in [-0.15, -0.1) is 0 Å². The Labute approximate surface area is 112 Å². The minimum atomic E-state index is -0.189. The summed E-state index contributed by atoms with van der Waals surface area (Å²) in [5, 5.41) is 0. The minimum Gasteiger partial charge on any atom is -0.493 e. The van der Waals surface area contributed by atoms with Crippen molar-refractivity contribution < 1.29 is 13.9 Å². The van der Waals surface area contributed by atoms with Gasteiger partial charge in [-0.1, -0.05) is 19.1 Å². The highest BCUT2D eigenvalue weighted by atomic mass is 16.5. The number of furan rings is 1. The van der Waals surface area contributed by atoms with Crippen LogP contribution in [0.25, 0.3) is 0 Å². The summed E-state index contributed by atoms with van der Waals surface area (Å²) in [6.07, 6.45) is 0.889. The van der Waals surface area contributed by atoms with Gasteiger partial charge in [0.25, 0.3) is 0 Å². The number of carbonyl (C=O) groups is 1. The summed E-state index contributed by atoms with van der Waals surface area (Å²) in [7, 11) is 0. The summed E-state index contributed by atoms with van der Waals surface area (Å²) < 4.78 is 11.0. The number of hydrogen-bond donors (Lipinski definition) is 1. The summed E-state index contributed by atoms with van der Waals surface area (Å²) in [4.78, 5) is 12.3. The van der Waals surface area contributed by atoms with E-state index in [1.807, 2.05) is 13.0 Å². The molecule has 1 aromatic heterocycles.